The summed E-state index contributed by atoms with van der Waals surface area (Å²) in [7, 11) is 0. The fraction of sp³-hybridized carbons (Fsp3) is 0.176. The maximum absolute atomic E-state index is 12.9. The second-order valence-corrected chi connectivity index (χ2v) is 5.60. The second kappa shape index (κ2) is 6.31. The number of amides is 1. The van der Waals surface area contributed by atoms with Gasteiger partial charge in [0.1, 0.15) is 6.10 Å². The third-order valence-corrected chi connectivity index (χ3v) is 4.03. The van der Waals surface area contributed by atoms with Crippen molar-refractivity contribution in [2.75, 3.05) is 11.4 Å². The number of halogens is 1. The molecule has 8 heteroatoms. The Bertz CT molecular complexity index is 882. The molecule has 0 aromatic carbocycles. The number of H-pyrrole nitrogens is 1. The van der Waals surface area contributed by atoms with E-state index in [2.05, 4.69) is 20.2 Å². The topological polar surface area (TPSA) is 84.0 Å². The van der Waals surface area contributed by atoms with Gasteiger partial charge in [0.15, 0.2) is 5.82 Å². The number of pyridine rings is 2. The molecule has 1 atom stereocenters. The summed E-state index contributed by atoms with van der Waals surface area (Å²) in [4.78, 5) is 21.4. The van der Waals surface area contributed by atoms with Crippen LogP contribution in [0.4, 0.5) is 15.0 Å². The smallest absolute Gasteiger partial charge is 0.416 e. The molecular weight excluding hydrogens is 325 g/mol. The van der Waals surface area contributed by atoms with E-state index in [1.807, 2.05) is 12.1 Å². The minimum Gasteiger partial charge on any atom is -0.441 e. The molecule has 0 aliphatic carbocycles. The van der Waals surface area contributed by atoms with Crippen LogP contribution in [0.1, 0.15) is 18.1 Å². The van der Waals surface area contributed by atoms with E-state index in [1.165, 1.54) is 17.2 Å². The first kappa shape index (κ1) is 15.3. The molecule has 0 spiro atoms. The van der Waals surface area contributed by atoms with Crippen LogP contribution in [0, 0.1) is 5.95 Å². The van der Waals surface area contributed by atoms with Gasteiger partial charge in [-0.15, -0.1) is 0 Å². The number of nitrogens with zero attached hydrogens (tertiary/aromatic N) is 4. The van der Waals surface area contributed by atoms with Crippen LogP contribution < -0.4 is 4.90 Å². The fourth-order valence-corrected chi connectivity index (χ4v) is 2.73. The molecular formula is C17H14FN5O2. The molecule has 1 aliphatic heterocycles. The third kappa shape index (κ3) is 3.06. The van der Waals surface area contributed by atoms with Gasteiger partial charge in [-0.25, -0.2) is 9.78 Å². The van der Waals surface area contributed by atoms with Crippen molar-refractivity contribution in [3.63, 3.8) is 0 Å². The summed E-state index contributed by atoms with van der Waals surface area (Å²) in [5.74, 6) is -0.0693. The van der Waals surface area contributed by atoms with Crippen molar-refractivity contribution in [2.24, 2.45) is 0 Å². The van der Waals surface area contributed by atoms with Gasteiger partial charge in [0.2, 0.25) is 5.95 Å². The number of anilines is 1. The summed E-state index contributed by atoms with van der Waals surface area (Å²) in [5.41, 5.74) is 2.39. The van der Waals surface area contributed by atoms with Gasteiger partial charge in [0, 0.05) is 48.7 Å². The lowest BCUT2D eigenvalue weighted by molar-refractivity contribution is 0.0836. The highest BCUT2D eigenvalue weighted by molar-refractivity contribution is 5.88. The van der Waals surface area contributed by atoms with Crippen LogP contribution in [0.3, 0.4) is 0 Å². The van der Waals surface area contributed by atoms with Gasteiger partial charge in [0.25, 0.3) is 0 Å². The maximum Gasteiger partial charge on any atom is 0.416 e. The van der Waals surface area contributed by atoms with E-state index in [9.17, 15) is 9.18 Å². The maximum atomic E-state index is 12.9. The molecule has 0 bridgehead atoms. The fourth-order valence-electron chi connectivity index (χ4n) is 2.73. The average Bonchev–Trinajstić information content (AvgIpc) is 3.13. The lowest BCUT2D eigenvalue weighted by atomic mass is 10.1. The summed E-state index contributed by atoms with van der Waals surface area (Å²) in [6.07, 6.45) is 4.40. The Morgan fingerprint density at radius 2 is 2.08 bits per heavy atom. The van der Waals surface area contributed by atoms with Crippen molar-refractivity contribution in [1.29, 1.82) is 0 Å². The van der Waals surface area contributed by atoms with E-state index in [1.54, 1.807) is 24.5 Å². The van der Waals surface area contributed by atoms with Crippen molar-refractivity contribution in [3.8, 4) is 11.3 Å². The molecule has 3 aromatic heterocycles. The van der Waals surface area contributed by atoms with Crippen molar-refractivity contribution in [2.45, 2.75) is 12.5 Å². The molecule has 1 saturated heterocycles. The van der Waals surface area contributed by atoms with Gasteiger partial charge in [-0.1, -0.05) is 0 Å². The van der Waals surface area contributed by atoms with E-state index in [-0.39, 0.29) is 0 Å². The molecule has 1 amide bonds. The first-order valence-corrected chi connectivity index (χ1v) is 7.76. The number of cyclic esters (lactones) is 1. The minimum atomic E-state index is -0.562. The van der Waals surface area contributed by atoms with Crippen LogP contribution in [0.25, 0.3) is 11.3 Å². The number of aromatic nitrogens is 4. The number of hydrogen-bond donors (Lipinski definition) is 1. The van der Waals surface area contributed by atoms with E-state index in [0.717, 1.165) is 11.3 Å². The van der Waals surface area contributed by atoms with Crippen LogP contribution in [-0.4, -0.2) is 32.8 Å². The standard InChI is InChI=1S/C17H14FN5O2/c18-15-2-1-12(10-20-15)14-5-8-23(17(24)25-14)16-9-13(21-22-16)11-3-6-19-7-4-11/h1-4,6-7,9-10,14H,5,8H2,(H,21,22). The summed E-state index contributed by atoms with van der Waals surface area (Å²) >= 11 is 0. The predicted octanol–water partition coefficient (Wildman–Crippen LogP) is 3.09. The van der Waals surface area contributed by atoms with Crippen molar-refractivity contribution >= 4 is 11.9 Å². The molecule has 4 rings (SSSR count). The van der Waals surface area contributed by atoms with Crippen LogP contribution in [0.15, 0.2) is 48.9 Å². The van der Waals surface area contributed by atoms with Gasteiger partial charge in [-0.3, -0.25) is 15.0 Å². The van der Waals surface area contributed by atoms with Crippen LogP contribution >= 0.6 is 0 Å². The Morgan fingerprint density at radius 3 is 2.80 bits per heavy atom. The first-order valence-electron chi connectivity index (χ1n) is 7.76. The van der Waals surface area contributed by atoms with Crippen LogP contribution in [0.5, 0.6) is 0 Å². The molecule has 7 nitrogen and oxygen atoms in total. The highest BCUT2D eigenvalue weighted by atomic mass is 19.1. The summed E-state index contributed by atoms with van der Waals surface area (Å²) in [6.45, 7) is 0.446. The predicted molar refractivity (Wildman–Crippen MR) is 87.2 cm³/mol. The number of nitrogens with one attached hydrogen (secondary N) is 1. The minimum absolute atomic E-state index is 0.435. The number of aromatic amines is 1. The summed E-state index contributed by atoms with van der Waals surface area (Å²) in [6, 6.07) is 8.32. The normalized spacial score (nSPS) is 17.4. The largest absolute Gasteiger partial charge is 0.441 e. The Labute approximate surface area is 142 Å². The zero-order valence-corrected chi connectivity index (χ0v) is 13.1. The Hall–Kier alpha value is -3.29. The van der Waals surface area contributed by atoms with Gasteiger partial charge < -0.3 is 4.74 Å². The summed E-state index contributed by atoms with van der Waals surface area (Å²) < 4.78 is 18.4. The van der Waals surface area contributed by atoms with Gasteiger partial charge in [0.05, 0.1) is 5.69 Å². The number of carbonyl (C=O) groups excluding carboxylic acids is 1. The van der Waals surface area contributed by atoms with Gasteiger partial charge in [-0.05, 0) is 24.3 Å². The first-order chi connectivity index (χ1) is 12.2. The quantitative estimate of drug-likeness (QED) is 0.741. The molecule has 4 heterocycles. The SMILES string of the molecule is O=C1OC(c2ccc(F)nc2)CCN1c1cc(-c2ccncc2)[nH]n1. The van der Waals surface area contributed by atoms with E-state index in [4.69, 9.17) is 4.74 Å². The van der Waals surface area contributed by atoms with Gasteiger partial charge >= 0.3 is 6.09 Å². The zero-order chi connectivity index (χ0) is 17.2. The average molecular weight is 339 g/mol. The second-order valence-electron chi connectivity index (χ2n) is 5.60. The Morgan fingerprint density at radius 1 is 1.24 bits per heavy atom. The lowest BCUT2D eigenvalue weighted by Gasteiger charge is -2.30. The van der Waals surface area contributed by atoms with Crippen LogP contribution in [0.2, 0.25) is 0 Å². The van der Waals surface area contributed by atoms with Crippen molar-refractivity contribution in [3.05, 3.63) is 60.4 Å². The lowest BCUT2D eigenvalue weighted by Crippen LogP contribution is -2.39. The molecule has 0 saturated carbocycles. The highest BCUT2D eigenvalue weighted by Gasteiger charge is 2.30. The number of carbonyl (C=O) groups is 1. The number of ether oxygens (including phenoxy) is 1. The number of hydrogen-bond acceptors (Lipinski definition) is 5. The molecule has 1 aliphatic rings. The molecule has 3 aromatic rings. The Kier molecular flexibility index (Phi) is 3.85. The van der Waals surface area contributed by atoms with E-state index >= 15 is 0 Å². The van der Waals surface area contributed by atoms with E-state index in [0.29, 0.717) is 24.3 Å². The molecule has 0 radical (unpaired) electrons. The van der Waals surface area contributed by atoms with Crippen LogP contribution in [-0.2, 0) is 4.74 Å². The molecule has 1 fully saturated rings. The molecule has 1 unspecified atom stereocenters. The van der Waals surface area contributed by atoms with Crippen molar-refractivity contribution in [1.82, 2.24) is 20.2 Å². The third-order valence-electron chi connectivity index (χ3n) is 4.03. The van der Waals surface area contributed by atoms with Crippen molar-refractivity contribution < 1.29 is 13.9 Å². The zero-order valence-electron chi connectivity index (χ0n) is 13.1. The number of rotatable bonds is 3. The molecule has 1 N–H and O–H groups in total. The highest BCUT2D eigenvalue weighted by Crippen LogP contribution is 2.30. The Balaban J connectivity index is 1.49. The molecule has 25 heavy (non-hydrogen) atoms. The summed E-state index contributed by atoms with van der Waals surface area (Å²) in [5, 5.41) is 7.10. The monoisotopic (exact) mass is 339 g/mol. The van der Waals surface area contributed by atoms with E-state index < -0.39 is 18.1 Å². The molecule has 126 valence electrons. The van der Waals surface area contributed by atoms with Gasteiger partial charge in [-0.2, -0.15) is 9.49 Å².